The van der Waals surface area contributed by atoms with E-state index in [1.807, 2.05) is 12.1 Å². The third kappa shape index (κ3) is 7.40. The molecule has 1 aromatic carbocycles. The summed E-state index contributed by atoms with van der Waals surface area (Å²) in [6, 6.07) is 7.24. The summed E-state index contributed by atoms with van der Waals surface area (Å²) in [5.41, 5.74) is 1.09. The van der Waals surface area contributed by atoms with Crippen LogP contribution in [0.15, 0.2) is 29.3 Å². The number of rotatable bonds is 6. The Bertz CT molecular complexity index is 583. The van der Waals surface area contributed by atoms with Gasteiger partial charge in [-0.25, -0.2) is 4.99 Å². The average Bonchev–Trinajstić information content (AvgIpc) is 2.72. The van der Waals surface area contributed by atoms with Crippen LogP contribution in [0.5, 0.6) is 5.75 Å². The van der Waals surface area contributed by atoms with Crippen LogP contribution < -0.4 is 5.32 Å². The Kier molecular flexibility index (Phi) is 10.4. The quantitative estimate of drug-likeness (QED) is 0.354. The van der Waals surface area contributed by atoms with Crippen LogP contribution in [-0.4, -0.2) is 61.0 Å². The lowest BCUT2D eigenvalue weighted by atomic mass is 10.1. The zero-order chi connectivity index (χ0) is 18.9. The standard InChI is InChI=1S/C21H33N3O3.HI/c1-2-22-21(23-15-17-6-8-18(25)9-7-17)24-12-10-19(11-13-24)27-16-20-5-3-4-14-26-20;/h6-9,19-20,25H,2-5,10-16H2,1H3,(H,22,23);1H. The third-order valence-corrected chi connectivity index (χ3v) is 5.22. The van der Waals surface area contributed by atoms with Gasteiger partial charge in [-0.05, 0) is 56.7 Å². The van der Waals surface area contributed by atoms with Crippen molar-refractivity contribution in [2.45, 2.75) is 57.8 Å². The minimum atomic E-state index is 0. The van der Waals surface area contributed by atoms with E-state index in [0.717, 1.165) is 63.6 Å². The number of aromatic hydroxyl groups is 1. The average molecular weight is 503 g/mol. The molecule has 0 amide bonds. The van der Waals surface area contributed by atoms with E-state index in [-0.39, 0.29) is 29.7 Å². The van der Waals surface area contributed by atoms with Gasteiger partial charge < -0.3 is 24.8 Å². The van der Waals surface area contributed by atoms with E-state index in [9.17, 15) is 5.11 Å². The summed E-state index contributed by atoms with van der Waals surface area (Å²) in [6.07, 6.45) is 6.24. The Morgan fingerprint density at radius 2 is 1.96 bits per heavy atom. The van der Waals surface area contributed by atoms with Crippen molar-refractivity contribution in [2.75, 3.05) is 32.8 Å². The molecule has 2 N–H and O–H groups in total. The topological polar surface area (TPSA) is 66.3 Å². The highest BCUT2D eigenvalue weighted by Gasteiger charge is 2.23. The van der Waals surface area contributed by atoms with Gasteiger partial charge >= 0.3 is 0 Å². The third-order valence-electron chi connectivity index (χ3n) is 5.22. The lowest BCUT2D eigenvalue weighted by molar-refractivity contribution is -0.0721. The molecule has 0 spiro atoms. The fourth-order valence-corrected chi connectivity index (χ4v) is 3.61. The van der Waals surface area contributed by atoms with Crippen molar-refractivity contribution in [1.82, 2.24) is 10.2 Å². The summed E-state index contributed by atoms with van der Waals surface area (Å²) in [5, 5.41) is 12.8. The minimum Gasteiger partial charge on any atom is -0.508 e. The largest absolute Gasteiger partial charge is 0.508 e. The van der Waals surface area contributed by atoms with Crippen LogP contribution in [0.1, 0.15) is 44.6 Å². The summed E-state index contributed by atoms with van der Waals surface area (Å²) in [4.78, 5) is 7.09. The molecule has 2 fully saturated rings. The van der Waals surface area contributed by atoms with Gasteiger partial charge in [-0.1, -0.05) is 12.1 Å². The number of phenolic OH excluding ortho intramolecular Hbond substituents is 1. The molecule has 2 aliphatic heterocycles. The Hall–Kier alpha value is -1.06. The first-order valence-electron chi connectivity index (χ1n) is 10.3. The van der Waals surface area contributed by atoms with Crippen LogP contribution in [0.25, 0.3) is 0 Å². The fourth-order valence-electron chi connectivity index (χ4n) is 3.61. The highest BCUT2D eigenvalue weighted by molar-refractivity contribution is 14.0. The maximum Gasteiger partial charge on any atom is 0.194 e. The Balaban J connectivity index is 0.00000280. The number of benzene rings is 1. The molecule has 0 aromatic heterocycles. The second-order valence-corrected chi connectivity index (χ2v) is 7.34. The predicted octanol–water partition coefficient (Wildman–Crippen LogP) is 3.53. The SMILES string of the molecule is CCNC(=NCc1ccc(O)cc1)N1CCC(OCC2CCCCO2)CC1.I. The molecule has 0 saturated carbocycles. The first-order chi connectivity index (χ1) is 13.2. The lowest BCUT2D eigenvalue weighted by Gasteiger charge is -2.35. The number of phenols is 1. The van der Waals surface area contributed by atoms with Crippen molar-refractivity contribution >= 4 is 29.9 Å². The van der Waals surface area contributed by atoms with E-state index in [2.05, 4.69) is 17.1 Å². The van der Waals surface area contributed by atoms with Gasteiger partial charge in [-0.15, -0.1) is 24.0 Å². The van der Waals surface area contributed by atoms with Crippen LogP contribution >= 0.6 is 24.0 Å². The minimum absolute atomic E-state index is 0. The maximum atomic E-state index is 9.40. The molecule has 28 heavy (non-hydrogen) atoms. The van der Waals surface area contributed by atoms with Gasteiger partial charge in [-0.3, -0.25) is 0 Å². The number of hydrogen-bond donors (Lipinski definition) is 2. The van der Waals surface area contributed by atoms with Gasteiger partial charge in [0.1, 0.15) is 5.75 Å². The molecule has 2 saturated heterocycles. The number of likely N-dealkylation sites (tertiary alicyclic amines) is 1. The van der Waals surface area contributed by atoms with Crippen molar-refractivity contribution in [1.29, 1.82) is 0 Å². The van der Waals surface area contributed by atoms with Gasteiger partial charge in [0, 0.05) is 26.2 Å². The zero-order valence-corrected chi connectivity index (χ0v) is 19.1. The molecule has 0 bridgehead atoms. The van der Waals surface area contributed by atoms with Crippen LogP contribution in [0, 0.1) is 0 Å². The van der Waals surface area contributed by atoms with Crippen molar-refractivity contribution in [3.8, 4) is 5.75 Å². The molecule has 1 atom stereocenters. The number of piperidine rings is 1. The van der Waals surface area contributed by atoms with Gasteiger partial charge in [0.05, 0.1) is 25.4 Å². The molecule has 6 nitrogen and oxygen atoms in total. The first kappa shape index (κ1) is 23.2. The molecule has 2 aliphatic rings. The molecule has 0 aliphatic carbocycles. The Morgan fingerprint density at radius 1 is 1.21 bits per heavy atom. The normalized spacial score (nSPS) is 21.2. The molecule has 0 radical (unpaired) electrons. The number of nitrogens with zero attached hydrogens (tertiary/aromatic N) is 2. The van der Waals surface area contributed by atoms with Gasteiger partial charge in [0.15, 0.2) is 5.96 Å². The van der Waals surface area contributed by atoms with E-state index in [1.54, 1.807) is 12.1 Å². The monoisotopic (exact) mass is 503 g/mol. The smallest absolute Gasteiger partial charge is 0.194 e. The first-order valence-corrected chi connectivity index (χ1v) is 10.3. The zero-order valence-electron chi connectivity index (χ0n) is 16.8. The maximum absolute atomic E-state index is 9.40. The fraction of sp³-hybridized carbons (Fsp3) is 0.667. The number of ether oxygens (including phenoxy) is 2. The molecule has 2 heterocycles. The van der Waals surface area contributed by atoms with Crippen LogP contribution in [0.3, 0.4) is 0 Å². The molecular formula is C21H34IN3O3. The van der Waals surface area contributed by atoms with Crippen LogP contribution in [-0.2, 0) is 16.0 Å². The number of aliphatic imine (C=N–C) groups is 1. The second-order valence-electron chi connectivity index (χ2n) is 7.34. The van der Waals surface area contributed by atoms with E-state index >= 15 is 0 Å². The van der Waals surface area contributed by atoms with E-state index < -0.39 is 0 Å². The highest BCUT2D eigenvalue weighted by Crippen LogP contribution is 2.18. The van der Waals surface area contributed by atoms with Crippen LogP contribution in [0.2, 0.25) is 0 Å². The van der Waals surface area contributed by atoms with E-state index in [1.165, 1.54) is 12.8 Å². The molecule has 7 heteroatoms. The van der Waals surface area contributed by atoms with Crippen molar-refractivity contribution in [2.24, 2.45) is 4.99 Å². The molecule has 1 unspecified atom stereocenters. The molecule has 3 rings (SSSR count). The van der Waals surface area contributed by atoms with Crippen molar-refractivity contribution < 1.29 is 14.6 Å². The Morgan fingerprint density at radius 3 is 2.61 bits per heavy atom. The highest BCUT2D eigenvalue weighted by atomic mass is 127. The number of hydrogen-bond acceptors (Lipinski definition) is 4. The summed E-state index contributed by atoms with van der Waals surface area (Å²) in [7, 11) is 0. The summed E-state index contributed by atoms with van der Waals surface area (Å²) in [5.74, 6) is 1.25. The summed E-state index contributed by atoms with van der Waals surface area (Å²) < 4.78 is 11.9. The van der Waals surface area contributed by atoms with Gasteiger partial charge in [0.25, 0.3) is 0 Å². The van der Waals surface area contributed by atoms with E-state index in [4.69, 9.17) is 14.5 Å². The van der Waals surface area contributed by atoms with E-state index in [0.29, 0.717) is 18.8 Å². The molecule has 1 aromatic rings. The summed E-state index contributed by atoms with van der Waals surface area (Å²) >= 11 is 0. The van der Waals surface area contributed by atoms with Crippen LogP contribution in [0.4, 0.5) is 0 Å². The number of nitrogens with one attached hydrogen (secondary N) is 1. The number of halogens is 1. The van der Waals surface area contributed by atoms with Crippen molar-refractivity contribution in [3.63, 3.8) is 0 Å². The predicted molar refractivity (Wildman–Crippen MR) is 122 cm³/mol. The van der Waals surface area contributed by atoms with Gasteiger partial charge in [-0.2, -0.15) is 0 Å². The molecular weight excluding hydrogens is 469 g/mol. The molecule has 158 valence electrons. The summed E-state index contributed by atoms with van der Waals surface area (Å²) in [6.45, 7) is 7.09. The lowest BCUT2D eigenvalue weighted by Crippen LogP contribution is -2.47. The second kappa shape index (κ2) is 12.5. The van der Waals surface area contributed by atoms with Crippen molar-refractivity contribution in [3.05, 3.63) is 29.8 Å². The van der Waals surface area contributed by atoms with Gasteiger partial charge in [0.2, 0.25) is 0 Å². The Labute approximate surface area is 185 Å². The number of guanidine groups is 1.